The van der Waals surface area contributed by atoms with Crippen molar-refractivity contribution >= 4 is 23.1 Å². The molecule has 1 N–H and O–H groups in total. The van der Waals surface area contributed by atoms with Crippen LogP contribution in [0.15, 0.2) is 76.5 Å². The summed E-state index contributed by atoms with van der Waals surface area (Å²) in [6.45, 7) is 1.52. The molecule has 2 aromatic carbocycles. The summed E-state index contributed by atoms with van der Waals surface area (Å²) < 4.78 is 16.6. The van der Waals surface area contributed by atoms with E-state index in [0.29, 0.717) is 35.6 Å². The van der Waals surface area contributed by atoms with Crippen molar-refractivity contribution in [3.05, 3.63) is 83.5 Å². The van der Waals surface area contributed by atoms with Crippen molar-refractivity contribution < 1.29 is 23.5 Å². The van der Waals surface area contributed by atoms with Crippen molar-refractivity contribution in [2.75, 3.05) is 24.4 Å². The summed E-state index contributed by atoms with van der Waals surface area (Å²) in [5, 5.41) is 3.49. The molecule has 0 spiro atoms. The highest BCUT2D eigenvalue weighted by molar-refractivity contribution is 6.06. The van der Waals surface area contributed by atoms with Crippen LogP contribution in [0.3, 0.4) is 0 Å². The zero-order chi connectivity index (χ0) is 23.8. The van der Waals surface area contributed by atoms with Gasteiger partial charge in [-0.2, -0.15) is 0 Å². The minimum Gasteiger partial charge on any atom is -0.493 e. The maximum atomic E-state index is 13.7. The number of anilines is 2. The molecule has 5 rings (SSSR count). The molecule has 0 saturated heterocycles. The Morgan fingerprint density at radius 1 is 1.03 bits per heavy atom. The highest BCUT2D eigenvalue weighted by atomic mass is 16.5. The van der Waals surface area contributed by atoms with Crippen LogP contribution >= 0.6 is 0 Å². The predicted molar refractivity (Wildman–Crippen MR) is 128 cm³/mol. The fourth-order valence-corrected chi connectivity index (χ4v) is 5.00. The van der Waals surface area contributed by atoms with Crippen LogP contribution in [0.4, 0.5) is 11.4 Å². The van der Waals surface area contributed by atoms with Crippen molar-refractivity contribution in [2.24, 2.45) is 0 Å². The van der Waals surface area contributed by atoms with Gasteiger partial charge in [0, 0.05) is 30.5 Å². The van der Waals surface area contributed by atoms with E-state index in [4.69, 9.17) is 13.9 Å². The largest absolute Gasteiger partial charge is 0.493 e. The number of hydrogen-bond donors (Lipinski definition) is 1. The van der Waals surface area contributed by atoms with Gasteiger partial charge in [-0.3, -0.25) is 14.5 Å². The summed E-state index contributed by atoms with van der Waals surface area (Å²) in [7, 11) is 3.14. The van der Waals surface area contributed by atoms with E-state index in [9.17, 15) is 9.59 Å². The highest BCUT2D eigenvalue weighted by Gasteiger charge is 2.41. The molecular formula is C27H26N2O5. The van der Waals surface area contributed by atoms with Crippen LogP contribution in [0.1, 0.15) is 43.0 Å². The van der Waals surface area contributed by atoms with Gasteiger partial charge in [-0.25, -0.2) is 0 Å². The second-order valence-corrected chi connectivity index (χ2v) is 8.48. The fourth-order valence-electron chi connectivity index (χ4n) is 5.00. The van der Waals surface area contributed by atoms with Crippen molar-refractivity contribution in [1.82, 2.24) is 0 Å². The number of methoxy groups -OCH3 is 2. The zero-order valence-corrected chi connectivity index (χ0v) is 19.3. The smallest absolute Gasteiger partial charge is 0.224 e. The minimum absolute atomic E-state index is 0.0195. The molecule has 2 heterocycles. The Kier molecular flexibility index (Phi) is 5.61. The molecular weight excluding hydrogens is 432 g/mol. The Morgan fingerprint density at radius 3 is 2.53 bits per heavy atom. The Morgan fingerprint density at radius 2 is 1.82 bits per heavy atom. The minimum atomic E-state index is -0.617. The third-order valence-electron chi connectivity index (χ3n) is 6.50. The van der Waals surface area contributed by atoms with Gasteiger partial charge in [0.15, 0.2) is 17.3 Å². The number of nitrogens with zero attached hydrogens (tertiary/aromatic N) is 1. The summed E-state index contributed by atoms with van der Waals surface area (Å²) in [6, 6.07) is 16.3. The molecule has 7 nitrogen and oxygen atoms in total. The third-order valence-corrected chi connectivity index (χ3v) is 6.50. The Hall–Kier alpha value is -4.00. The number of carbonyl (C=O) groups excluding carboxylic acids is 2. The number of ketones is 1. The number of nitrogens with one attached hydrogen (secondary N) is 1. The van der Waals surface area contributed by atoms with Gasteiger partial charge in [0.05, 0.1) is 37.9 Å². The molecule has 1 aliphatic heterocycles. The number of hydrogen-bond acceptors (Lipinski definition) is 6. The standard InChI is InChI=1S/C27H26N2O5/c1-16(30)29-21-8-5-4-7-19(21)28-20-13-18(23-9-6-12-34-23)14-22(31)26(20)27(29)17-10-11-24(32-2)25(15-17)33-3/h4-12,15,18,27-28H,13-14H2,1-3H3/t18-,27-/m1/s1. The monoisotopic (exact) mass is 458 g/mol. The van der Waals surface area contributed by atoms with Crippen molar-refractivity contribution in [3.63, 3.8) is 0 Å². The molecule has 0 bridgehead atoms. The number of furan rings is 1. The maximum Gasteiger partial charge on any atom is 0.224 e. The van der Waals surface area contributed by atoms with Gasteiger partial charge >= 0.3 is 0 Å². The van der Waals surface area contributed by atoms with Gasteiger partial charge in [0.2, 0.25) is 5.91 Å². The van der Waals surface area contributed by atoms with Gasteiger partial charge in [0.1, 0.15) is 5.76 Å². The van der Waals surface area contributed by atoms with E-state index >= 15 is 0 Å². The van der Waals surface area contributed by atoms with Gasteiger partial charge in [-0.1, -0.05) is 18.2 Å². The molecule has 3 aromatic rings. The van der Waals surface area contributed by atoms with Gasteiger partial charge < -0.3 is 19.2 Å². The molecule has 2 aliphatic rings. The lowest BCUT2D eigenvalue weighted by Crippen LogP contribution is -2.37. The number of para-hydroxylation sites is 2. The second-order valence-electron chi connectivity index (χ2n) is 8.48. The number of rotatable bonds is 4. The molecule has 1 aliphatic carbocycles. The lowest BCUT2D eigenvalue weighted by atomic mass is 9.80. The topological polar surface area (TPSA) is 81.0 Å². The van der Waals surface area contributed by atoms with Crippen LogP contribution in [0.2, 0.25) is 0 Å². The Labute approximate surface area is 198 Å². The Balaban J connectivity index is 1.73. The number of ether oxygens (including phenoxy) is 2. The van der Waals surface area contributed by atoms with E-state index < -0.39 is 6.04 Å². The van der Waals surface area contributed by atoms with E-state index in [1.54, 1.807) is 31.4 Å². The average Bonchev–Trinajstić information content (AvgIpc) is 3.33. The van der Waals surface area contributed by atoms with Gasteiger partial charge in [-0.15, -0.1) is 0 Å². The molecule has 0 radical (unpaired) electrons. The van der Waals surface area contributed by atoms with Crippen LogP contribution in [0.25, 0.3) is 0 Å². The van der Waals surface area contributed by atoms with Crippen LogP contribution in [0.5, 0.6) is 11.5 Å². The van der Waals surface area contributed by atoms with Crippen LogP contribution in [-0.4, -0.2) is 25.9 Å². The van der Waals surface area contributed by atoms with E-state index in [2.05, 4.69) is 5.32 Å². The van der Waals surface area contributed by atoms with Crippen molar-refractivity contribution in [3.8, 4) is 11.5 Å². The fraction of sp³-hybridized carbons (Fsp3) is 0.259. The number of Topliss-reactive ketones (excluding diaryl/α,β-unsaturated/α-hetero) is 1. The van der Waals surface area contributed by atoms with Crippen molar-refractivity contribution in [2.45, 2.75) is 31.7 Å². The van der Waals surface area contributed by atoms with Gasteiger partial charge in [0.25, 0.3) is 0 Å². The number of fused-ring (bicyclic) bond motifs is 1. The van der Waals surface area contributed by atoms with E-state index in [0.717, 1.165) is 22.7 Å². The van der Waals surface area contributed by atoms with E-state index in [-0.39, 0.29) is 17.6 Å². The molecule has 0 unspecified atom stereocenters. The molecule has 2 atom stereocenters. The van der Waals surface area contributed by atoms with Crippen LogP contribution < -0.4 is 19.7 Å². The molecule has 1 amide bonds. The third kappa shape index (κ3) is 3.63. The first kappa shape index (κ1) is 21.8. The summed E-state index contributed by atoms with van der Waals surface area (Å²) in [6.07, 6.45) is 2.53. The molecule has 1 aromatic heterocycles. The summed E-state index contributed by atoms with van der Waals surface area (Å²) in [4.78, 5) is 28.5. The average molecular weight is 459 g/mol. The number of allylic oxidation sites excluding steroid dienone is 1. The zero-order valence-electron chi connectivity index (χ0n) is 19.3. The molecule has 0 saturated carbocycles. The molecule has 34 heavy (non-hydrogen) atoms. The van der Waals surface area contributed by atoms with E-state index in [1.807, 2.05) is 48.5 Å². The van der Waals surface area contributed by atoms with Crippen molar-refractivity contribution in [1.29, 1.82) is 0 Å². The predicted octanol–water partition coefficient (Wildman–Crippen LogP) is 5.22. The number of benzene rings is 2. The molecule has 174 valence electrons. The van der Waals surface area contributed by atoms with Crippen LogP contribution in [0, 0.1) is 0 Å². The second kappa shape index (κ2) is 8.74. The quantitative estimate of drug-likeness (QED) is 0.578. The summed E-state index contributed by atoms with van der Waals surface area (Å²) in [5.41, 5.74) is 3.64. The first-order chi connectivity index (χ1) is 16.5. The first-order valence-electron chi connectivity index (χ1n) is 11.2. The number of amides is 1. The lowest BCUT2D eigenvalue weighted by Gasteiger charge is -2.34. The first-order valence-corrected chi connectivity index (χ1v) is 11.2. The van der Waals surface area contributed by atoms with Gasteiger partial charge in [-0.05, 0) is 48.4 Å². The SMILES string of the molecule is COc1ccc([C@@H]2C3=C(C[C@@H](c4ccco4)CC3=O)Nc3ccccc3N2C(C)=O)cc1OC. The Bertz CT molecular complexity index is 1280. The maximum absolute atomic E-state index is 13.7. The van der Waals surface area contributed by atoms with Crippen LogP contribution in [-0.2, 0) is 9.59 Å². The summed E-state index contributed by atoms with van der Waals surface area (Å²) >= 11 is 0. The highest BCUT2D eigenvalue weighted by Crippen LogP contribution is 2.48. The summed E-state index contributed by atoms with van der Waals surface area (Å²) in [5.74, 6) is 1.64. The number of carbonyl (C=O) groups is 2. The van der Waals surface area contributed by atoms with E-state index in [1.165, 1.54) is 6.92 Å². The molecule has 7 heteroatoms. The molecule has 0 fully saturated rings. The lowest BCUT2D eigenvalue weighted by molar-refractivity contribution is -0.117. The normalized spacial score (nSPS) is 19.6.